The Kier molecular flexibility index (Phi) is 3.70. The second-order valence-electron chi connectivity index (χ2n) is 5.53. The number of fused-ring (bicyclic) bond motifs is 1. The zero-order chi connectivity index (χ0) is 13.9. The number of aliphatic carboxylic acids is 1. The third-order valence-electron chi connectivity index (χ3n) is 4.13. The van der Waals surface area contributed by atoms with Gasteiger partial charge in [-0.3, -0.25) is 4.79 Å². The highest BCUT2D eigenvalue weighted by Crippen LogP contribution is 2.23. The lowest BCUT2D eigenvalue weighted by atomic mass is 9.92. The van der Waals surface area contributed by atoms with Gasteiger partial charge in [0.2, 0.25) is 0 Å². The molecular formula is C17H19NO2. The summed E-state index contributed by atoms with van der Waals surface area (Å²) in [4.78, 5) is 11.1. The Morgan fingerprint density at radius 2 is 1.95 bits per heavy atom. The van der Waals surface area contributed by atoms with E-state index in [0.717, 1.165) is 25.7 Å². The highest BCUT2D eigenvalue weighted by Gasteiger charge is 2.26. The van der Waals surface area contributed by atoms with Crippen molar-refractivity contribution in [2.75, 3.05) is 0 Å². The Balaban J connectivity index is 1.81. The molecule has 104 valence electrons. The van der Waals surface area contributed by atoms with Crippen LogP contribution in [0.1, 0.15) is 24.8 Å². The average Bonchev–Trinajstić information content (AvgIpc) is 2.48. The van der Waals surface area contributed by atoms with Crippen molar-refractivity contribution < 1.29 is 9.90 Å². The van der Waals surface area contributed by atoms with Crippen LogP contribution in [0.2, 0.25) is 0 Å². The van der Waals surface area contributed by atoms with E-state index in [1.807, 2.05) is 6.07 Å². The molecule has 0 amide bonds. The molecule has 0 bridgehead atoms. The van der Waals surface area contributed by atoms with E-state index in [2.05, 4.69) is 41.7 Å². The number of carboxylic acid groups (broad SMARTS) is 1. The minimum absolute atomic E-state index is 0.260. The number of hydrogen-bond acceptors (Lipinski definition) is 2. The van der Waals surface area contributed by atoms with Crippen molar-refractivity contribution in [3.05, 3.63) is 48.0 Å². The molecule has 1 fully saturated rings. The summed E-state index contributed by atoms with van der Waals surface area (Å²) >= 11 is 0. The number of carboxylic acids is 1. The maximum Gasteiger partial charge on any atom is 0.320 e. The van der Waals surface area contributed by atoms with Gasteiger partial charge in [0.15, 0.2) is 0 Å². The molecular weight excluding hydrogens is 250 g/mol. The van der Waals surface area contributed by atoms with Gasteiger partial charge >= 0.3 is 5.97 Å². The molecule has 1 saturated heterocycles. The van der Waals surface area contributed by atoms with E-state index < -0.39 is 5.97 Å². The van der Waals surface area contributed by atoms with Gasteiger partial charge in [-0.1, -0.05) is 42.5 Å². The predicted octanol–water partition coefficient (Wildman–Crippen LogP) is 2.98. The molecule has 2 atom stereocenters. The summed E-state index contributed by atoms with van der Waals surface area (Å²) in [5.74, 6) is -0.729. The second kappa shape index (κ2) is 5.63. The van der Waals surface area contributed by atoms with Gasteiger partial charge in [0.25, 0.3) is 0 Å². The van der Waals surface area contributed by atoms with Gasteiger partial charge in [0.05, 0.1) is 0 Å². The standard InChI is InChI=1S/C17H19NO2/c19-17(20)16-10-4-8-14(18-16)11-13-7-3-6-12-5-1-2-9-15(12)13/h1-3,5-7,9,14,16,18H,4,8,10-11H2,(H,19,20). The molecule has 2 aromatic carbocycles. The highest BCUT2D eigenvalue weighted by atomic mass is 16.4. The van der Waals surface area contributed by atoms with Crippen LogP contribution in [0.4, 0.5) is 0 Å². The largest absolute Gasteiger partial charge is 0.480 e. The number of carbonyl (C=O) groups is 1. The van der Waals surface area contributed by atoms with Gasteiger partial charge in [0, 0.05) is 6.04 Å². The van der Waals surface area contributed by atoms with E-state index in [9.17, 15) is 4.79 Å². The van der Waals surface area contributed by atoms with E-state index in [4.69, 9.17) is 5.11 Å². The predicted molar refractivity (Wildman–Crippen MR) is 79.9 cm³/mol. The van der Waals surface area contributed by atoms with Gasteiger partial charge < -0.3 is 10.4 Å². The van der Waals surface area contributed by atoms with E-state index in [1.165, 1.54) is 16.3 Å². The molecule has 2 aromatic rings. The molecule has 1 aliphatic rings. The van der Waals surface area contributed by atoms with Crippen molar-refractivity contribution in [1.29, 1.82) is 0 Å². The van der Waals surface area contributed by atoms with Crippen LogP contribution in [-0.4, -0.2) is 23.2 Å². The molecule has 0 radical (unpaired) electrons. The minimum atomic E-state index is -0.729. The van der Waals surface area contributed by atoms with Crippen LogP contribution >= 0.6 is 0 Å². The summed E-state index contributed by atoms with van der Waals surface area (Å²) in [6.07, 6.45) is 3.67. The molecule has 3 heteroatoms. The molecule has 2 N–H and O–H groups in total. The summed E-state index contributed by atoms with van der Waals surface area (Å²) in [7, 11) is 0. The number of nitrogens with one attached hydrogen (secondary N) is 1. The van der Waals surface area contributed by atoms with Gasteiger partial charge in [-0.05, 0) is 42.0 Å². The van der Waals surface area contributed by atoms with E-state index in [-0.39, 0.29) is 12.1 Å². The number of rotatable bonds is 3. The van der Waals surface area contributed by atoms with Crippen molar-refractivity contribution in [3.8, 4) is 0 Å². The van der Waals surface area contributed by atoms with Gasteiger partial charge in [-0.2, -0.15) is 0 Å². The van der Waals surface area contributed by atoms with Gasteiger partial charge in [-0.25, -0.2) is 0 Å². The zero-order valence-corrected chi connectivity index (χ0v) is 11.4. The smallest absolute Gasteiger partial charge is 0.320 e. The van der Waals surface area contributed by atoms with Crippen molar-refractivity contribution >= 4 is 16.7 Å². The van der Waals surface area contributed by atoms with E-state index in [0.29, 0.717) is 0 Å². The third kappa shape index (κ3) is 2.68. The van der Waals surface area contributed by atoms with Crippen molar-refractivity contribution in [3.63, 3.8) is 0 Å². The quantitative estimate of drug-likeness (QED) is 0.900. The van der Waals surface area contributed by atoms with Crippen molar-refractivity contribution in [2.24, 2.45) is 0 Å². The molecule has 20 heavy (non-hydrogen) atoms. The molecule has 1 heterocycles. The van der Waals surface area contributed by atoms with E-state index in [1.54, 1.807) is 0 Å². The SMILES string of the molecule is O=C(O)C1CCCC(Cc2cccc3ccccc23)N1. The average molecular weight is 269 g/mol. The molecule has 3 rings (SSSR count). The fourth-order valence-electron chi connectivity index (χ4n) is 3.11. The van der Waals surface area contributed by atoms with E-state index >= 15 is 0 Å². The lowest BCUT2D eigenvalue weighted by Crippen LogP contribution is -2.47. The maximum atomic E-state index is 11.1. The maximum absolute atomic E-state index is 11.1. The van der Waals surface area contributed by atoms with Crippen molar-refractivity contribution in [2.45, 2.75) is 37.8 Å². The Labute approximate surface area is 118 Å². The summed E-state index contributed by atoms with van der Waals surface area (Å²) in [6.45, 7) is 0. The first-order chi connectivity index (χ1) is 9.74. The monoisotopic (exact) mass is 269 g/mol. The van der Waals surface area contributed by atoms with Crippen LogP contribution in [0.15, 0.2) is 42.5 Å². The first-order valence-electron chi connectivity index (χ1n) is 7.19. The minimum Gasteiger partial charge on any atom is -0.480 e. The lowest BCUT2D eigenvalue weighted by molar-refractivity contribution is -0.140. The molecule has 0 saturated carbocycles. The second-order valence-corrected chi connectivity index (χ2v) is 5.53. The first-order valence-corrected chi connectivity index (χ1v) is 7.19. The fraction of sp³-hybridized carbons (Fsp3) is 0.353. The third-order valence-corrected chi connectivity index (χ3v) is 4.13. The van der Waals surface area contributed by atoms with Crippen LogP contribution in [0.3, 0.4) is 0 Å². The van der Waals surface area contributed by atoms with Crippen LogP contribution in [0, 0.1) is 0 Å². The van der Waals surface area contributed by atoms with Crippen LogP contribution in [-0.2, 0) is 11.2 Å². The van der Waals surface area contributed by atoms with Crippen molar-refractivity contribution in [1.82, 2.24) is 5.32 Å². The Hall–Kier alpha value is -1.87. The fourth-order valence-corrected chi connectivity index (χ4v) is 3.11. The first kappa shape index (κ1) is 13.1. The molecule has 0 spiro atoms. The van der Waals surface area contributed by atoms with Crippen LogP contribution in [0.25, 0.3) is 10.8 Å². The number of hydrogen-bond donors (Lipinski definition) is 2. The Morgan fingerprint density at radius 3 is 2.80 bits per heavy atom. The van der Waals surface area contributed by atoms with Crippen LogP contribution in [0.5, 0.6) is 0 Å². The molecule has 0 aromatic heterocycles. The summed E-state index contributed by atoms with van der Waals surface area (Å²) in [5.41, 5.74) is 1.30. The Bertz CT molecular complexity index is 618. The highest BCUT2D eigenvalue weighted by molar-refractivity contribution is 5.85. The number of benzene rings is 2. The Morgan fingerprint density at radius 1 is 1.15 bits per heavy atom. The summed E-state index contributed by atoms with van der Waals surface area (Å²) < 4.78 is 0. The van der Waals surface area contributed by atoms with Gasteiger partial charge in [-0.15, -0.1) is 0 Å². The van der Waals surface area contributed by atoms with Crippen LogP contribution < -0.4 is 5.32 Å². The number of piperidine rings is 1. The molecule has 3 nitrogen and oxygen atoms in total. The molecule has 1 aliphatic heterocycles. The lowest BCUT2D eigenvalue weighted by Gasteiger charge is -2.29. The molecule has 2 unspecified atom stereocenters. The summed E-state index contributed by atoms with van der Waals surface area (Å²) in [6, 6.07) is 14.6. The van der Waals surface area contributed by atoms with Gasteiger partial charge in [0.1, 0.15) is 6.04 Å². The summed E-state index contributed by atoms with van der Waals surface area (Å²) in [5, 5.41) is 14.9. The normalized spacial score (nSPS) is 22.8. The zero-order valence-electron chi connectivity index (χ0n) is 11.4. The topological polar surface area (TPSA) is 49.3 Å². The molecule has 0 aliphatic carbocycles.